The predicted molar refractivity (Wildman–Crippen MR) is 124 cm³/mol. The molecule has 2 aromatic carbocycles. The Balaban J connectivity index is 1.73. The number of nitrogens with zero attached hydrogens (tertiary/aromatic N) is 2. The molecule has 31 heavy (non-hydrogen) atoms. The van der Waals surface area contributed by atoms with Crippen molar-refractivity contribution in [3.63, 3.8) is 0 Å². The van der Waals surface area contributed by atoms with E-state index in [2.05, 4.69) is 65.4 Å². The number of hydrogen-bond acceptors (Lipinski definition) is 4. The number of amides is 1. The maximum atomic E-state index is 12.3. The van der Waals surface area contributed by atoms with E-state index in [0.29, 0.717) is 24.0 Å². The molecule has 3 rings (SSSR count). The number of oxazole rings is 1. The fourth-order valence-electron chi connectivity index (χ4n) is 3.35. The number of hydrogen-bond donors (Lipinski definition) is 1. The summed E-state index contributed by atoms with van der Waals surface area (Å²) in [4.78, 5) is 19.1. The first-order valence-corrected chi connectivity index (χ1v) is 11.0. The Labute approximate surface area is 185 Å². The van der Waals surface area contributed by atoms with Crippen LogP contribution in [0.15, 0.2) is 65.3 Å². The molecule has 1 atom stereocenters. The second kappa shape index (κ2) is 10.9. The van der Waals surface area contributed by atoms with Crippen LogP contribution in [0.3, 0.4) is 0 Å². The first-order chi connectivity index (χ1) is 14.9. The molecule has 0 aliphatic rings. The number of rotatable bonds is 10. The molecule has 164 valence electrons. The molecular formula is C26H33N3O2. The number of nitrogens with one attached hydrogen (secondary N) is 1. The molecule has 5 heteroatoms. The maximum Gasteiger partial charge on any atom is 0.273 e. The molecule has 1 N–H and O–H groups in total. The van der Waals surface area contributed by atoms with E-state index < -0.39 is 0 Å². The summed E-state index contributed by atoms with van der Waals surface area (Å²) in [5.74, 6) is 0.869. The van der Waals surface area contributed by atoms with E-state index in [1.807, 2.05) is 32.0 Å². The zero-order valence-electron chi connectivity index (χ0n) is 19.0. The molecule has 0 bridgehead atoms. The smallest absolute Gasteiger partial charge is 0.273 e. The van der Waals surface area contributed by atoms with Crippen LogP contribution in [0.25, 0.3) is 0 Å². The molecule has 1 amide bonds. The topological polar surface area (TPSA) is 58.4 Å². The molecule has 0 aliphatic heterocycles. The Morgan fingerprint density at radius 1 is 0.968 bits per heavy atom. The highest BCUT2D eigenvalue weighted by Crippen LogP contribution is 2.18. The van der Waals surface area contributed by atoms with E-state index in [4.69, 9.17) is 4.42 Å². The van der Waals surface area contributed by atoms with Gasteiger partial charge in [-0.2, -0.15) is 0 Å². The van der Waals surface area contributed by atoms with E-state index >= 15 is 0 Å². The highest BCUT2D eigenvalue weighted by atomic mass is 16.3. The third-order valence-corrected chi connectivity index (χ3v) is 5.43. The Kier molecular flexibility index (Phi) is 8.01. The van der Waals surface area contributed by atoms with Gasteiger partial charge in [-0.3, -0.25) is 9.69 Å². The first-order valence-electron chi connectivity index (χ1n) is 11.0. The quantitative estimate of drug-likeness (QED) is 0.469. The van der Waals surface area contributed by atoms with Crippen molar-refractivity contribution in [3.05, 3.63) is 89.1 Å². The molecule has 0 fully saturated rings. The van der Waals surface area contributed by atoms with Gasteiger partial charge in [0.1, 0.15) is 6.26 Å². The van der Waals surface area contributed by atoms with Gasteiger partial charge in [-0.25, -0.2) is 4.98 Å². The first kappa shape index (κ1) is 22.8. The molecule has 0 saturated heterocycles. The van der Waals surface area contributed by atoms with Crippen LogP contribution in [0.4, 0.5) is 0 Å². The summed E-state index contributed by atoms with van der Waals surface area (Å²) in [6, 6.07) is 19.2. The summed E-state index contributed by atoms with van der Waals surface area (Å²) in [6.07, 6.45) is 2.32. The minimum atomic E-state index is -0.191. The van der Waals surface area contributed by atoms with Crippen molar-refractivity contribution in [2.24, 2.45) is 0 Å². The van der Waals surface area contributed by atoms with E-state index in [1.165, 1.54) is 23.0 Å². The molecule has 0 aliphatic carbocycles. The van der Waals surface area contributed by atoms with E-state index in [-0.39, 0.29) is 11.9 Å². The molecule has 5 nitrogen and oxygen atoms in total. The highest BCUT2D eigenvalue weighted by Gasteiger charge is 2.17. The monoisotopic (exact) mass is 419 g/mol. The van der Waals surface area contributed by atoms with E-state index in [9.17, 15) is 4.79 Å². The van der Waals surface area contributed by atoms with E-state index in [0.717, 1.165) is 19.5 Å². The number of aromatic nitrogens is 1. The normalized spacial score (nSPS) is 12.3. The van der Waals surface area contributed by atoms with Crippen LogP contribution in [0.1, 0.15) is 73.1 Å². The highest BCUT2D eigenvalue weighted by molar-refractivity contribution is 5.92. The summed E-state index contributed by atoms with van der Waals surface area (Å²) in [6.45, 7) is 10.5. The minimum Gasteiger partial charge on any atom is -0.447 e. The van der Waals surface area contributed by atoms with Crippen LogP contribution in [0, 0.1) is 0 Å². The lowest BCUT2D eigenvalue weighted by atomic mass is 10.0. The average molecular weight is 420 g/mol. The van der Waals surface area contributed by atoms with Crippen molar-refractivity contribution >= 4 is 5.91 Å². The minimum absolute atomic E-state index is 0.107. The van der Waals surface area contributed by atoms with Gasteiger partial charge in [-0.1, -0.05) is 75.4 Å². The van der Waals surface area contributed by atoms with Gasteiger partial charge in [-0.15, -0.1) is 0 Å². The van der Waals surface area contributed by atoms with E-state index in [1.54, 1.807) is 0 Å². The van der Waals surface area contributed by atoms with Crippen molar-refractivity contribution in [2.45, 2.75) is 65.7 Å². The summed E-state index contributed by atoms with van der Waals surface area (Å²) < 4.78 is 5.64. The summed E-state index contributed by atoms with van der Waals surface area (Å²) in [5, 5.41) is 2.93. The average Bonchev–Trinajstić information content (AvgIpc) is 3.23. The van der Waals surface area contributed by atoms with Gasteiger partial charge in [0.15, 0.2) is 5.69 Å². The third-order valence-electron chi connectivity index (χ3n) is 5.43. The summed E-state index contributed by atoms with van der Waals surface area (Å²) >= 11 is 0. The van der Waals surface area contributed by atoms with Gasteiger partial charge >= 0.3 is 0 Å². The predicted octanol–water partition coefficient (Wildman–Crippen LogP) is 5.53. The largest absolute Gasteiger partial charge is 0.447 e. The van der Waals surface area contributed by atoms with Gasteiger partial charge in [0.05, 0.1) is 6.54 Å². The van der Waals surface area contributed by atoms with Crippen LogP contribution in [0.2, 0.25) is 0 Å². The molecule has 1 aromatic heterocycles. The molecule has 0 unspecified atom stereocenters. The SMILES string of the molecule is CC[C@@H](C)NC(=O)c1coc(CN(Cc2ccccc2)Cc2ccc(C(C)C)cc2)n1. The fourth-order valence-corrected chi connectivity index (χ4v) is 3.35. The second-order valence-corrected chi connectivity index (χ2v) is 8.44. The zero-order valence-corrected chi connectivity index (χ0v) is 19.0. The lowest BCUT2D eigenvalue weighted by Crippen LogP contribution is -2.32. The Morgan fingerprint density at radius 3 is 2.23 bits per heavy atom. The van der Waals surface area contributed by atoms with Crippen LogP contribution in [-0.2, 0) is 19.6 Å². The molecule has 0 radical (unpaired) electrons. The molecular weight excluding hydrogens is 386 g/mol. The standard InChI is InChI=1S/C26H33N3O2/c1-5-20(4)27-26(30)24-18-31-25(28-24)17-29(15-21-9-7-6-8-10-21)16-22-11-13-23(14-12-22)19(2)3/h6-14,18-20H,5,15-17H2,1-4H3,(H,27,30)/t20-/m1/s1. The van der Waals surface area contributed by atoms with Crippen LogP contribution >= 0.6 is 0 Å². The Bertz CT molecular complexity index is 948. The number of carbonyl (C=O) groups excluding carboxylic acids is 1. The van der Waals surface area contributed by atoms with Gasteiger partial charge < -0.3 is 9.73 Å². The number of benzene rings is 2. The summed E-state index contributed by atoms with van der Waals surface area (Å²) in [5.41, 5.74) is 4.13. The molecule has 0 spiro atoms. The van der Waals surface area contributed by atoms with Gasteiger partial charge in [-0.05, 0) is 36.0 Å². The Morgan fingerprint density at radius 2 is 1.61 bits per heavy atom. The van der Waals surface area contributed by atoms with Crippen molar-refractivity contribution < 1.29 is 9.21 Å². The van der Waals surface area contributed by atoms with Crippen LogP contribution in [0.5, 0.6) is 0 Å². The Hall–Kier alpha value is -2.92. The van der Waals surface area contributed by atoms with Gasteiger partial charge in [0.2, 0.25) is 5.89 Å². The van der Waals surface area contributed by atoms with Crippen molar-refractivity contribution in [3.8, 4) is 0 Å². The summed E-state index contributed by atoms with van der Waals surface area (Å²) in [7, 11) is 0. The fraction of sp³-hybridized carbons (Fsp3) is 0.385. The van der Waals surface area contributed by atoms with Crippen molar-refractivity contribution in [1.82, 2.24) is 15.2 Å². The number of carbonyl (C=O) groups is 1. The van der Waals surface area contributed by atoms with Gasteiger partial charge in [0.25, 0.3) is 5.91 Å². The molecule has 3 aromatic rings. The molecule has 1 heterocycles. The van der Waals surface area contributed by atoms with Crippen molar-refractivity contribution in [1.29, 1.82) is 0 Å². The second-order valence-electron chi connectivity index (χ2n) is 8.44. The van der Waals surface area contributed by atoms with Crippen LogP contribution in [-0.4, -0.2) is 21.8 Å². The molecule has 0 saturated carbocycles. The van der Waals surface area contributed by atoms with Gasteiger partial charge in [0, 0.05) is 19.1 Å². The van der Waals surface area contributed by atoms with Crippen molar-refractivity contribution in [2.75, 3.05) is 0 Å². The third kappa shape index (κ3) is 6.79. The zero-order chi connectivity index (χ0) is 22.2. The lowest BCUT2D eigenvalue weighted by molar-refractivity contribution is 0.0934. The lowest BCUT2D eigenvalue weighted by Gasteiger charge is -2.21. The van der Waals surface area contributed by atoms with Crippen LogP contribution < -0.4 is 5.32 Å². The maximum absolute atomic E-state index is 12.3.